The van der Waals surface area contributed by atoms with Gasteiger partial charge in [-0.25, -0.2) is 8.78 Å². The fraction of sp³-hybridized carbons (Fsp3) is 0.586. The molecule has 6 heterocycles. The average Bonchev–Trinajstić information content (AvgIpc) is 3.59. The lowest BCUT2D eigenvalue weighted by Crippen LogP contribution is -2.54. The van der Waals surface area contributed by atoms with Gasteiger partial charge in [-0.15, -0.1) is 0 Å². The van der Waals surface area contributed by atoms with Crippen molar-refractivity contribution in [2.24, 2.45) is 11.1 Å². The normalized spacial score (nSPS) is 28.8. The summed E-state index contributed by atoms with van der Waals surface area (Å²) >= 11 is 6.59. The van der Waals surface area contributed by atoms with E-state index in [4.69, 9.17) is 27.1 Å². The summed E-state index contributed by atoms with van der Waals surface area (Å²) in [5.74, 6) is -0.632. The maximum absolute atomic E-state index is 16.6. The van der Waals surface area contributed by atoms with Crippen molar-refractivity contribution < 1.29 is 26.7 Å². The first-order valence-electron chi connectivity index (χ1n) is 14.6. The molecule has 5 aliphatic rings. The van der Waals surface area contributed by atoms with Crippen LogP contribution in [0.3, 0.4) is 0 Å². The lowest BCUT2D eigenvalue weighted by atomic mass is 9.81. The molecule has 4 fully saturated rings. The number of aromatic nitrogens is 2. The minimum atomic E-state index is -4.80. The molecule has 0 bridgehead atoms. The van der Waals surface area contributed by atoms with Gasteiger partial charge in [0.15, 0.2) is 5.82 Å². The Balaban J connectivity index is 1.36. The highest BCUT2D eigenvalue weighted by Gasteiger charge is 2.50. The molecule has 0 aliphatic carbocycles. The highest BCUT2D eigenvalue weighted by molar-refractivity contribution is 6.33. The molecule has 0 saturated carbocycles. The van der Waals surface area contributed by atoms with Gasteiger partial charge in [0.05, 0.1) is 33.6 Å². The van der Waals surface area contributed by atoms with Crippen LogP contribution in [0.5, 0.6) is 6.01 Å². The quantitative estimate of drug-likeness (QED) is 0.424. The molecule has 4 saturated heterocycles. The number of fused-ring (bicyclic) bond motifs is 2. The molecule has 0 amide bonds. The van der Waals surface area contributed by atoms with Crippen molar-refractivity contribution in [3.63, 3.8) is 0 Å². The molecule has 7 rings (SSSR count). The minimum Gasteiger partial charge on any atom is -0.461 e. The molecule has 2 unspecified atom stereocenters. The first kappa shape index (κ1) is 29.0. The van der Waals surface area contributed by atoms with Crippen LogP contribution in [0, 0.1) is 11.2 Å². The highest BCUT2D eigenvalue weighted by Crippen LogP contribution is 2.45. The molecule has 5 aliphatic heterocycles. The van der Waals surface area contributed by atoms with E-state index >= 15 is 4.39 Å². The van der Waals surface area contributed by atoms with Crippen molar-refractivity contribution in [1.82, 2.24) is 25.5 Å². The lowest BCUT2D eigenvalue weighted by Gasteiger charge is -2.39. The number of allylic oxidation sites excluding steroid dienone is 2. The second-order valence-corrected chi connectivity index (χ2v) is 13.1. The highest BCUT2D eigenvalue weighted by atomic mass is 35.5. The van der Waals surface area contributed by atoms with E-state index < -0.39 is 46.7 Å². The van der Waals surface area contributed by atoms with Crippen molar-refractivity contribution in [2.75, 3.05) is 50.8 Å². The van der Waals surface area contributed by atoms with Crippen LogP contribution in [0.4, 0.5) is 27.8 Å². The zero-order chi connectivity index (χ0) is 30.3. The molecular weight excluding hydrogens is 593 g/mol. The van der Waals surface area contributed by atoms with Gasteiger partial charge in [-0.3, -0.25) is 4.90 Å². The first-order valence-corrected chi connectivity index (χ1v) is 15.0. The van der Waals surface area contributed by atoms with Crippen LogP contribution in [-0.4, -0.2) is 84.8 Å². The average molecular weight is 626 g/mol. The standard InChI is InChI=1S/C29H33ClF5N7O/c1-15-7-19(36)38-24(21(15)29(33,34)35)20-18(30)8-17-23(22(20)32)39-26(40-25(17)41-6-4-27(13-41)11-37-12-27)43-14-28-3-2-5-42(28)10-16(31)9-28/h7-8,16,19,37-38H,2-6,9-14,36H2,1H3/t16-,19?,28?/m1/s1. The van der Waals surface area contributed by atoms with Crippen LogP contribution >= 0.6 is 11.6 Å². The summed E-state index contributed by atoms with van der Waals surface area (Å²) < 4.78 is 79.8. The number of benzene rings is 1. The smallest absolute Gasteiger partial charge is 0.418 e. The Kier molecular flexibility index (Phi) is 6.84. The van der Waals surface area contributed by atoms with Gasteiger partial charge in [0.25, 0.3) is 0 Å². The van der Waals surface area contributed by atoms with E-state index in [0.29, 0.717) is 31.9 Å². The molecule has 0 radical (unpaired) electrons. The number of nitrogens with zero attached hydrogens (tertiary/aromatic N) is 4. The van der Waals surface area contributed by atoms with E-state index in [-0.39, 0.29) is 39.5 Å². The number of alkyl halides is 4. The molecule has 1 aromatic heterocycles. The third kappa shape index (κ3) is 4.83. The summed E-state index contributed by atoms with van der Waals surface area (Å²) in [5, 5.41) is 5.92. The van der Waals surface area contributed by atoms with Crippen LogP contribution in [0.2, 0.25) is 5.02 Å². The van der Waals surface area contributed by atoms with E-state index in [1.807, 2.05) is 4.90 Å². The van der Waals surface area contributed by atoms with E-state index in [1.54, 1.807) is 0 Å². The van der Waals surface area contributed by atoms with Crippen molar-refractivity contribution in [3.8, 4) is 6.01 Å². The summed E-state index contributed by atoms with van der Waals surface area (Å²) in [6.45, 7) is 5.53. The van der Waals surface area contributed by atoms with E-state index in [0.717, 1.165) is 38.9 Å². The Labute approximate surface area is 250 Å². The van der Waals surface area contributed by atoms with Gasteiger partial charge in [-0.1, -0.05) is 11.6 Å². The Morgan fingerprint density at radius 1 is 1.21 bits per heavy atom. The first-order chi connectivity index (χ1) is 20.4. The number of halogens is 6. The zero-order valence-corrected chi connectivity index (χ0v) is 24.4. The van der Waals surface area contributed by atoms with Crippen molar-refractivity contribution in [3.05, 3.63) is 39.7 Å². The van der Waals surface area contributed by atoms with Gasteiger partial charge in [0.1, 0.15) is 24.1 Å². The Morgan fingerprint density at radius 3 is 2.70 bits per heavy atom. The number of dihydropyridines is 1. The SMILES string of the molecule is CC1=CC(N)NC(c2c(Cl)cc3c(N4CCC5(CNC5)C4)nc(OCC45CCCN4C[C@H](F)C5)nc3c2F)=C1C(F)(F)F. The van der Waals surface area contributed by atoms with Crippen LogP contribution < -0.4 is 26.0 Å². The molecule has 3 atom stereocenters. The lowest BCUT2D eigenvalue weighted by molar-refractivity contribution is -0.0892. The van der Waals surface area contributed by atoms with Crippen LogP contribution in [0.25, 0.3) is 16.6 Å². The van der Waals surface area contributed by atoms with Gasteiger partial charge < -0.3 is 26.0 Å². The van der Waals surface area contributed by atoms with Crippen molar-refractivity contribution in [2.45, 2.75) is 56.7 Å². The molecule has 8 nitrogen and oxygen atoms in total. The fourth-order valence-corrected chi connectivity index (χ4v) is 7.90. The van der Waals surface area contributed by atoms with Crippen LogP contribution in [0.1, 0.15) is 38.2 Å². The molecule has 14 heteroatoms. The monoisotopic (exact) mass is 625 g/mol. The van der Waals surface area contributed by atoms with E-state index in [2.05, 4.69) is 20.5 Å². The minimum absolute atomic E-state index is 0.0717. The number of hydrogen-bond donors (Lipinski definition) is 3. The number of ether oxygens (including phenoxy) is 1. The van der Waals surface area contributed by atoms with Gasteiger partial charge in [0, 0.05) is 49.9 Å². The Hall–Kier alpha value is -2.74. The zero-order valence-electron chi connectivity index (χ0n) is 23.6. The second kappa shape index (κ2) is 10.1. The number of nitrogens with two attached hydrogens (primary N) is 1. The Bertz CT molecular complexity index is 1540. The molecule has 43 heavy (non-hydrogen) atoms. The number of nitrogens with one attached hydrogen (secondary N) is 2. The largest absolute Gasteiger partial charge is 0.461 e. The topological polar surface area (TPSA) is 91.6 Å². The summed E-state index contributed by atoms with van der Waals surface area (Å²) in [6.07, 6.45) is -2.61. The van der Waals surface area contributed by atoms with Crippen LogP contribution in [-0.2, 0) is 0 Å². The van der Waals surface area contributed by atoms with Crippen LogP contribution in [0.15, 0.2) is 23.3 Å². The number of hydrogen-bond acceptors (Lipinski definition) is 8. The van der Waals surface area contributed by atoms with Crippen molar-refractivity contribution in [1.29, 1.82) is 0 Å². The third-order valence-corrected chi connectivity index (χ3v) is 10.0. The summed E-state index contributed by atoms with van der Waals surface area (Å²) in [4.78, 5) is 13.2. The van der Waals surface area contributed by atoms with Gasteiger partial charge in [-0.2, -0.15) is 23.1 Å². The Morgan fingerprint density at radius 2 is 2.00 bits per heavy atom. The van der Waals surface area contributed by atoms with Crippen molar-refractivity contribution >= 4 is 34.0 Å². The molecule has 4 N–H and O–H groups in total. The summed E-state index contributed by atoms with van der Waals surface area (Å²) in [7, 11) is 0. The maximum Gasteiger partial charge on any atom is 0.418 e. The second-order valence-electron chi connectivity index (χ2n) is 12.7. The summed E-state index contributed by atoms with van der Waals surface area (Å²) in [5.41, 5.74) is 3.11. The molecule has 232 valence electrons. The maximum atomic E-state index is 16.6. The van der Waals surface area contributed by atoms with Gasteiger partial charge in [-0.05, 0) is 50.4 Å². The predicted octanol–water partition coefficient (Wildman–Crippen LogP) is 4.28. The molecule has 2 aromatic rings. The molecular formula is C29H33ClF5N7O. The fourth-order valence-electron chi connectivity index (χ4n) is 7.62. The third-order valence-electron chi connectivity index (χ3n) is 9.73. The molecule has 1 aromatic carbocycles. The van der Waals surface area contributed by atoms with E-state index in [1.165, 1.54) is 19.1 Å². The predicted molar refractivity (Wildman–Crippen MR) is 153 cm³/mol. The molecule has 1 spiro atoms. The number of rotatable bonds is 5. The van der Waals surface area contributed by atoms with Gasteiger partial charge in [0.2, 0.25) is 0 Å². The summed E-state index contributed by atoms with van der Waals surface area (Å²) in [6, 6.07) is 1.31. The van der Waals surface area contributed by atoms with Gasteiger partial charge >= 0.3 is 12.2 Å². The number of anilines is 1. The van der Waals surface area contributed by atoms with E-state index in [9.17, 15) is 17.6 Å².